The van der Waals surface area contributed by atoms with E-state index in [4.69, 9.17) is 4.55 Å². The summed E-state index contributed by atoms with van der Waals surface area (Å²) in [6.07, 6.45) is 37.4. The van der Waals surface area contributed by atoms with Crippen LogP contribution < -0.4 is 0 Å². The molecule has 0 aliphatic carbocycles. The van der Waals surface area contributed by atoms with Gasteiger partial charge in [-0.3, -0.25) is 4.55 Å². The molecule has 0 fully saturated rings. The molecule has 0 aliphatic rings. The third kappa shape index (κ3) is 23.1. The minimum atomic E-state index is -4.42. The molecule has 0 unspecified atom stereocenters. The molecule has 1 N–H and O–H groups in total. The largest absolute Gasteiger partial charge is 0.445 e. The fourth-order valence-electron chi connectivity index (χ4n) is 1.39. The molecule has 0 saturated heterocycles. The van der Waals surface area contributed by atoms with Gasteiger partial charge in [0.1, 0.15) is 6.26 Å². The van der Waals surface area contributed by atoms with Crippen LogP contribution in [0.2, 0.25) is 0 Å². The molecule has 0 rings (SSSR count). The van der Waals surface area contributed by atoms with Gasteiger partial charge in [0.2, 0.25) is 0 Å². The molecule has 0 saturated carbocycles. The van der Waals surface area contributed by atoms with Crippen molar-refractivity contribution in [3.8, 4) is 0 Å². The van der Waals surface area contributed by atoms with Crippen LogP contribution in [0.5, 0.6) is 0 Å². The van der Waals surface area contributed by atoms with E-state index in [0.29, 0.717) is 0 Å². The van der Waals surface area contributed by atoms with Crippen molar-refractivity contribution in [3.63, 3.8) is 0 Å². The molecule has 5 heteroatoms. The molecule has 0 heterocycles. The Balaban J connectivity index is 3.96. The fraction of sp³-hybridized carbons (Fsp3) is 0.0909. The van der Waals surface area contributed by atoms with Gasteiger partial charge in [-0.05, 0) is 12.5 Å². The quantitative estimate of drug-likeness (QED) is 0.264. The zero-order valence-corrected chi connectivity index (χ0v) is 16.2. The van der Waals surface area contributed by atoms with Gasteiger partial charge in [0.25, 0.3) is 0 Å². The average Bonchev–Trinajstić information content (AvgIpc) is 2.62. The topological polar surface area (TPSA) is 63.6 Å². The lowest BCUT2D eigenvalue weighted by molar-refractivity contribution is 0.356. The molecule has 27 heavy (non-hydrogen) atoms. The lowest BCUT2D eigenvalue weighted by Crippen LogP contribution is -1.96. The summed E-state index contributed by atoms with van der Waals surface area (Å²) in [5, 5.41) is 0. The van der Waals surface area contributed by atoms with Crippen LogP contribution in [0, 0.1) is 0 Å². The van der Waals surface area contributed by atoms with Crippen LogP contribution in [-0.2, 0) is 14.6 Å². The summed E-state index contributed by atoms with van der Waals surface area (Å²) in [5.41, 5.74) is 0. The van der Waals surface area contributed by atoms with Crippen molar-refractivity contribution in [2.45, 2.75) is 13.3 Å². The Kier molecular flexibility index (Phi) is 16.0. The van der Waals surface area contributed by atoms with Crippen molar-refractivity contribution in [3.05, 3.63) is 122 Å². The van der Waals surface area contributed by atoms with Crippen LogP contribution in [0.4, 0.5) is 0 Å². The molecule has 0 spiro atoms. The first kappa shape index (κ1) is 24.1. The van der Waals surface area contributed by atoms with E-state index in [1.54, 1.807) is 18.2 Å². The monoisotopic (exact) mass is 386 g/mol. The predicted molar refractivity (Wildman–Crippen MR) is 114 cm³/mol. The van der Waals surface area contributed by atoms with Gasteiger partial charge in [0, 0.05) is 0 Å². The Hall–Kier alpha value is -2.89. The minimum Gasteiger partial charge on any atom is -0.370 e. The van der Waals surface area contributed by atoms with E-state index in [9.17, 15) is 8.42 Å². The first-order valence-electron chi connectivity index (χ1n) is 8.37. The summed E-state index contributed by atoms with van der Waals surface area (Å²) >= 11 is 0. The first-order valence-corrected chi connectivity index (χ1v) is 9.73. The SMILES string of the molecule is CC/C=C/C=C/C=C/C=C/C=C/C=C/C=C/C=C/C=C/C=C/OS(=O)(=O)O. The standard InChI is InChI=1S/C22H26O4S/c1-2-3-4-5-6-7-8-9-10-11-12-13-14-15-16-17-18-19-20-21-22-26-27(23,24)25/h3-22H,2H2,1H3,(H,23,24,25)/b4-3+,6-5+,8-7+,10-9+,12-11+,14-13+,16-15+,18-17+,20-19+,22-21+. The van der Waals surface area contributed by atoms with E-state index in [1.165, 1.54) is 6.08 Å². The van der Waals surface area contributed by atoms with Gasteiger partial charge in [0.05, 0.1) is 0 Å². The Morgan fingerprint density at radius 3 is 1.19 bits per heavy atom. The second-order valence-corrected chi connectivity index (χ2v) is 5.82. The van der Waals surface area contributed by atoms with E-state index >= 15 is 0 Å². The molecule has 0 radical (unpaired) electrons. The summed E-state index contributed by atoms with van der Waals surface area (Å²) in [5.74, 6) is 0. The Morgan fingerprint density at radius 1 is 0.593 bits per heavy atom. The summed E-state index contributed by atoms with van der Waals surface area (Å²) in [4.78, 5) is 0. The smallest absolute Gasteiger partial charge is 0.370 e. The molecule has 0 atom stereocenters. The molecule has 0 aromatic rings. The highest BCUT2D eigenvalue weighted by Gasteiger charge is 1.97. The van der Waals surface area contributed by atoms with Crippen LogP contribution in [0.3, 0.4) is 0 Å². The van der Waals surface area contributed by atoms with Crippen LogP contribution in [0.25, 0.3) is 0 Å². The van der Waals surface area contributed by atoms with Crippen molar-refractivity contribution < 1.29 is 17.2 Å². The maximum Gasteiger partial charge on any atom is 0.445 e. The highest BCUT2D eigenvalue weighted by atomic mass is 32.3. The highest BCUT2D eigenvalue weighted by Crippen LogP contribution is 1.89. The molecule has 0 aromatic heterocycles. The fourth-order valence-corrected chi connectivity index (χ4v) is 1.59. The van der Waals surface area contributed by atoms with Gasteiger partial charge >= 0.3 is 10.4 Å². The first-order chi connectivity index (χ1) is 13.1. The molecule has 4 nitrogen and oxygen atoms in total. The van der Waals surface area contributed by atoms with E-state index in [1.807, 2.05) is 85.1 Å². The van der Waals surface area contributed by atoms with Crippen molar-refractivity contribution in [1.82, 2.24) is 0 Å². The van der Waals surface area contributed by atoms with Gasteiger partial charge in [-0.15, -0.1) is 0 Å². The average molecular weight is 387 g/mol. The van der Waals surface area contributed by atoms with Crippen molar-refractivity contribution in [2.75, 3.05) is 0 Å². The zero-order valence-electron chi connectivity index (χ0n) is 15.3. The number of allylic oxidation sites excluding steroid dienone is 19. The van der Waals surface area contributed by atoms with Gasteiger partial charge < -0.3 is 4.18 Å². The van der Waals surface area contributed by atoms with Crippen LogP contribution >= 0.6 is 0 Å². The third-order valence-electron chi connectivity index (χ3n) is 2.52. The second kappa shape index (κ2) is 17.9. The molecule has 144 valence electrons. The van der Waals surface area contributed by atoms with E-state index in [0.717, 1.165) is 12.7 Å². The number of hydrogen-bond donors (Lipinski definition) is 1. The Bertz CT molecular complexity index is 769. The summed E-state index contributed by atoms with van der Waals surface area (Å²) in [6, 6.07) is 0. The summed E-state index contributed by atoms with van der Waals surface area (Å²) in [7, 11) is -4.42. The number of rotatable bonds is 12. The molecular formula is C22H26O4S. The van der Waals surface area contributed by atoms with Crippen molar-refractivity contribution >= 4 is 10.4 Å². The summed E-state index contributed by atoms with van der Waals surface area (Å²) < 4.78 is 32.8. The maximum absolute atomic E-state index is 10.2. The van der Waals surface area contributed by atoms with Crippen LogP contribution in [0.15, 0.2) is 122 Å². The van der Waals surface area contributed by atoms with Crippen LogP contribution in [-0.4, -0.2) is 13.0 Å². The lowest BCUT2D eigenvalue weighted by Gasteiger charge is -1.89. The van der Waals surface area contributed by atoms with Crippen molar-refractivity contribution in [1.29, 1.82) is 0 Å². The Labute approximate surface area is 162 Å². The normalized spacial score (nSPS) is 14.7. The lowest BCUT2D eigenvalue weighted by atomic mass is 10.3. The van der Waals surface area contributed by atoms with E-state index < -0.39 is 10.4 Å². The summed E-state index contributed by atoms with van der Waals surface area (Å²) in [6.45, 7) is 2.10. The zero-order chi connectivity index (χ0) is 20.1. The molecule has 0 bridgehead atoms. The van der Waals surface area contributed by atoms with Gasteiger partial charge in [-0.1, -0.05) is 116 Å². The van der Waals surface area contributed by atoms with Crippen LogP contribution in [0.1, 0.15) is 13.3 Å². The Morgan fingerprint density at radius 2 is 0.889 bits per heavy atom. The molecular weight excluding hydrogens is 360 g/mol. The maximum atomic E-state index is 10.2. The minimum absolute atomic E-state index is 0.872. The van der Waals surface area contributed by atoms with Gasteiger partial charge in [0.15, 0.2) is 0 Å². The van der Waals surface area contributed by atoms with Crippen molar-refractivity contribution in [2.24, 2.45) is 0 Å². The molecule has 0 amide bonds. The molecule has 0 aliphatic heterocycles. The highest BCUT2D eigenvalue weighted by molar-refractivity contribution is 7.81. The predicted octanol–water partition coefficient (Wildman–Crippen LogP) is 5.74. The van der Waals surface area contributed by atoms with E-state index in [2.05, 4.69) is 17.2 Å². The number of hydrogen-bond acceptors (Lipinski definition) is 3. The second-order valence-electron chi connectivity index (χ2n) is 4.77. The van der Waals surface area contributed by atoms with Gasteiger partial charge in [-0.2, -0.15) is 8.42 Å². The van der Waals surface area contributed by atoms with E-state index in [-0.39, 0.29) is 0 Å². The van der Waals surface area contributed by atoms with Gasteiger partial charge in [-0.25, -0.2) is 0 Å². The molecule has 0 aromatic carbocycles. The third-order valence-corrected chi connectivity index (χ3v) is 2.87.